The van der Waals surface area contributed by atoms with Crippen LogP contribution in [0.3, 0.4) is 0 Å². The molecule has 0 atom stereocenters. The first-order valence-corrected chi connectivity index (χ1v) is 13.8. The number of hydrogen-bond acceptors (Lipinski definition) is 4. The molecule has 172 valence electrons. The third-order valence-electron chi connectivity index (χ3n) is 7.41. The predicted molar refractivity (Wildman–Crippen MR) is 138 cm³/mol. The Balaban J connectivity index is 1.27. The summed E-state index contributed by atoms with van der Waals surface area (Å²) in [4.78, 5) is 7.11. The van der Waals surface area contributed by atoms with Crippen LogP contribution >= 0.6 is 0 Å². The number of hydrogen-bond donors (Lipinski definition) is 0. The molecule has 5 heteroatoms. The van der Waals surface area contributed by atoms with Crippen molar-refractivity contribution in [3.63, 3.8) is 0 Å². The standard InChI is InChI=1S/C29H28N2O2S/c1-20-9-10-21(14-28(20)29-15-22-5-2-3-6-24(22)16-30-29)13-23-7-4-8-25-17-31(12-11-27(23)25)26-18-34(32,33)19-26/h2-10,14-16,26H,11-13,17-19H2,1H3. The van der Waals surface area contributed by atoms with Crippen LogP contribution in [0.15, 0.2) is 72.9 Å². The molecule has 1 saturated heterocycles. The van der Waals surface area contributed by atoms with Gasteiger partial charge in [0.1, 0.15) is 0 Å². The van der Waals surface area contributed by atoms with E-state index >= 15 is 0 Å². The van der Waals surface area contributed by atoms with Crippen LogP contribution in [0.5, 0.6) is 0 Å². The van der Waals surface area contributed by atoms with Crippen LogP contribution in [0.4, 0.5) is 0 Å². The fraction of sp³-hybridized carbons (Fsp3) is 0.276. The van der Waals surface area contributed by atoms with Crippen LogP contribution in [0.2, 0.25) is 0 Å². The molecular weight excluding hydrogens is 440 g/mol. The van der Waals surface area contributed by atoms with Crippen molar-refractivity contribution in [3.8, 4) is 11.3 Å². The average Bonchev–Trinajstić information content (AvgIpc) is 2.83. The van der Waals surface area contributed by atoms with E-state index in [4.69, 9.17) is 4.98 Å². The lowest BCUT2D eigenvalue weighted by atomic mass is 9.89. The van der Waals surface area contributed by atoms with Gasteiger partial charge in [0, 0.05) is 36.3 Å². The van der Waals surface area contributed by atoms with Gasteiger partial charge < -0.3 is 0 Å². The molecule has 1 aromatic heterocycles. The lowest BCUT2D eigenvalue weighted by Crippen LogP contribution is -2.54. The molecule has 0 N–H and O–H groups in total. The van der Waals surface area contributed by atoms with Crippen molar-refractivity contribution in [2.24, 2.45) is 0 Å². The molecule has 3 heterocycles. The molecule has 0 unspecified atom stereocenters. The van der Waals surface area contributed by atoms with Gasteiger partial charge in [0.15, 0.2) is 9.84 Å². The van der Waals surface area contributed by atoms with Crippen molar-refractivity contribution in [2.45, 2.75) is 32.4 Å². The predicted octanol–water partition coefficient (Wildman–Crippen LogP) is 4.96. The number of aromatic nitrogens is 1. The van der Waals surface area contributed by atoms with Gasteiger partial charge >= 0.3 is 0 Å². The number of sulfone groups is 1. The largest absolute Gasteiger partial charge is 0.294 e. The van der Waals surface area contributed by atoms with Gasteiger partial charge in [-0.15, -0.1) is 0 Å². The first-order chi connectivity index (χ1) is 16.4. The van der Waals surface area contributed by atoms with Gasteiger partial charge in [-0.3, -0.25) is 9.88 Å². The van der Waals surface area contributed by atoms with Crippen LogP contribution in [0.1, 0.15) is 27.8 Å². The van der Waals surface area contributed by atoms with Gasteiger partial charge in [0.25, 0.3) is 0 Å². The molecule has 0 bridgehead atoms. The maximum Gasteiger partial charge on any atom is 0.153 e. The monoisotopic (exact) mass is 468 g/mol. The molecule has 0 spiro atoms. The summed E-state index contributed by atoms with van der Waals surface area (Å²) in [6, 6.07) is 24.0. The summed E-state index contributed by atoms with van der Waals surface area (Å²) in [5, 5.41) is 2.36. The normalized spacial score (nSPS) is 17.9. The highest BCUT2D eigenvalue weighted by Gasteiger charge is 2.38. The highest BCUT2D eigenvalue weighted by atomic mass is 32.2. The number of pyridine rings is 1. The van der Waals surface area contributed by atoms with Crippen molar-refractivity contribution in [2.75, 3.05) is 18.1 Å². The number of fused-ring (bicyclic) bond motifs is 2. The molecule has 1 fully saturated rings. The molecule has 2 aliphatic heterocycles. The van der Waals surface area contributed by atoms with E-state index < -0.39 is 9.84 Å². The molecule has 3 aromatic carbocycles. The van der Waals surface area contributed by atoms with Crippen LogP contribution in [0.25, 0.3) is 22.0 Å². The van der Waals surface area contributed by atoms with E-state index in [0.29, 0.717) is 11.5 Å². The first kappa shape index (κ1) is 21.5. The molecule has 0 radical (unpaired) electrons. The maximum atomic E-state index is 11.6. The Hall–Kier alpha value is -3.02. The zero-order valence-electron chi connectivity index (χ0n) is 19.4. The lowest BCUT2D eigenvalue weighted by Gasteiger charge is -2.40. The SMILES string of the molecule is Cc1ccc(Cc2cccc3c2CCN(C2CS(=O)(=O)C2)C3)cc1-c1cc2ccccc2cn1. The van der Waals surface area contributed by atoms with Crippen LogP contribution < -0.4 is 0 Å². The van der Waals surface area contributed by atoms with Crippen molar-refractivity contribution in [3.05, 3.63) is 101 Å². The Kier molecular flexibility index (Phi) is 5.27. The molecule has 0 amide bonds. The average molecular weight is 469 g/mol. The number of benzene rings is 3. The third-order valence-corrected chi connectivity index (χ3v) is 9.19. The fourth-order valence-corrected chi connectivity index (χ4v) is 6.94. The van der Waals surface area contributed by atoms with Gasteiger partial charge in [-0.1, -0.05) is 54.6 Å². The lowest BCUT2D eigenvalue weighted by molar-refractivity contribution is 0.195. The zero-order valence-corrected chi connectivity index (χ0v) is 20.2. The minimum Gasteiger partial charge on any atom is -0.294 e. The van der Waals surface area contributed by atoms with Gasteiger partial charge in [0.05, 0.1) is 17.2 Å². The quantitative estimate of drug-likeness (QED) is 0.425. The summed E-state index contributed by atoms with van der Waals surface area (Å²) >= 11 is 0. The number of aryl methyl sites for hydroxylation is 1. The van der Waals surface area contributed by atoms with Crippen LogP contribution in [0, 0.1) is 6.92 Å². The van der Waals surface area contributed by atoms with E-state index in [-0.39, 0.29) is 6.04 Å². The molecular formula is C29H28N2O2S. The number of rotatable bonds is 4. The van der Waals surface area contributed by atoms with Gasteiger partial charge in [-0.25, -0.2) is 8.42 Å². The Bertz CT molecular complexity index is 1500. The molecule has 4 nitrogen and oxygen atoms in total. The first-order valence-electron chi connectivity index (χ1n) is 11.9. The zero-order chi connectivity index (χ0) is 23.3. The Morgan fingerprint density at radius 1 is 0.971 bits per heavy atom. The highest BCUT2D eigenvalue weighted by Crippen LogP contribution is 2.30. The van der Waals surface area contributed by atoms with Gasteiger partial charge in [-0.2, -0.15) is 0 Å². The summed E-state index contributed by atoms with van der Waals surface area (Å²) in [5.41, 5.74) is 8.87. The number of nitrogens with zero attached hydrogens (tertiary/aromatic N) is 2. The van der Waals surface area contributed by atoms with Crippen molar-refractivity contribution < 1.29 is 8.42 Å². The van der Waals surface area contributed by atoms with E-state index in [0.717, 1.165) is 37.0 Å². The molecule has 2 aliphatic rings. The topological polar surface area (TPSA) is 50.3 Å². The second-order valence-electron chi connectivity index (χ2n) is 9.75. The van der Waals surface area contributed by atoms with Crippen LogP contribution in [-0.4, -0.2) is 42.4 Å². The maximum absolute atomic E-state index is 11.6. The minimum absolute atomic E-state index is 0.191. The summed E-state index contributed by atoms with van der Waals surface area (Å²) < 4.78 is 23.3. The van der Waals surface area contributed by atoms with E-state index in [1.165, 1.54) is 38.8 Å². The fourth-order valence-electron chi connectivity index (χ4n) is 5.44. The summed E-state index contributed by atoms with van der Waals surface area (Å²) in [7, 11) is -2.80. The van der Waals surface area contributed by atoms with E-state index in [2.05, 4.69) is 72.5 Å². The highest BCUT2D eigenvalue weighted by molar-refractivity contribution is 7.92. The Labute approximate surface area is 201 Å². The minimum atomic E-state index is -2.80. The van der Waals surface area contributed by atoms with Crippen LogP contribution in [-0.2, 0) is 29.2 Å². The Morgan fingerprint density at radius 3 is 2.62 bits per heavy atom. The second-order valence-corrected chi connectivity index (χ2v) is 11.9. The van der Waals surface area contributed by atoms with Crippen molar-refractivity contribution >= 4 is 20.6 Å². The molecule has 0 saturated carbocycles. The summed E-state index contributed by atoms with van der Waals surface area (Å²) in [6.45, 7) is 3.93. The smallest absolute Gasteiger partial charge is 0.153 e. The summed E-state index contributed by atoms with van der Waals surface area (Å²) in [5.74, 6) is 0.633. The molecule has 4 aromatic rings. The molecule has 6 rings (SSSR count). The Morgan fingerprint density at radius 2 is 1.79 bits per heavy atom. The van der Waals surface area contributed by atoms with E-state index in [1.807, 2.05) is 12.3 Å². The third kappa shape index (κ3) is 4.04. The van der Waals surface area contributed by atoms with Gasteiger partial charge in [0.2, 0.25) is 0 Å². The molecule has 0 aliphatic carbocycles. The van der Waals surface area contributed by atoms with E-state index in [1.54, 1.807) is 0 Å². The second kappa shape index (κ2) is 8.33. The van der Waals surface area contributed by atoms with Gasteiger partial charge in [-0.05, 0) is 65.1 Å². The van der Waals surface area contributed by atoms with E-state index in [9.17, 15) is 8.42 Å². The molecule has 34 heavy (non-hydrogen) atoms. The van der Waals surface area contributed by atoms with Crippen molar-refractivity contribution in [1.82, 2.24) is 9.88 Å². The summed E-state index contributed by atoms with van der Waals surface area (Å²) in [6.07, 6.45) is 3.83. The van der Waals surface area contributed by atoms with Crippen molar-refractivity contribution in [1.29, 1.82) is 0 Å².